The first-order valence-corrected chi connectivity index (χ1v) is 7.43. The molecule has 1 heterocycles. The van der Waals surface area contributed by atoms with Gasteiger partial charge in [-0.15, -0.1) is 0 Å². The number of hydrogen-bond acceptors (Lipinski definition) is 4. The van der Waals surface area contributed by atoms with Crippen LogP contribution in [0.4, 0.5) is 0 Å². The van der Waals surface area contributed by atoms with Crippen molar-refractivity contribution in [2.24, 2.45) is 0 Å². The van der Waals surface area contributed by atoms with E-state index in [1.807, 2.05) is 25.1 Å². The van der Waals surface area contributed by atoms with Crippen LogP contribution in [0.2, 0.25) is 0 Å². The summed E-state index contributed by atoms with van der Waals surface area (Å²) in [5, 5.41) is 2.79. The fraction of sp³-hybridized carbons (Fsp3) is 0.278. The fourth-order valence-electron chi connectivity index (χ4n) is 2.07. The van der Waals surface area contributed by atoms with Crippen LogP contribution >= 0.6 is 0 Å². The quantitative estimate of drug-likeness (QED) is 0.833. The molecular formula is C18H20N2O3. The van der Waals surface area contributed by atoms with Crippen molar-refractivity contribution in [2.45, 2.75) is 33.4 Å². The molecule has 0 radical (unpaired) electrons. The molecule has 0 aliphatic carbocycles. The molecule has 0 aliphatic rings. The van der Waals surface area contributed by atoms with Gasteiger partial charge in [0.2, 0.25) is 0 Å². The molecule has 1 amide bonds. The third kappa shape index (κ3) is 4.92. The number of hydrogen-bond donors (Lipinski definition) is 1. The van der Waals surface area contributed by atoms with Gasteiger partial charge in [0.05, 0.1) is 12.2 Å². The monoisotopic (exact) mass is 312 g/mol. The summed E-state index contributed by atoms with van der Waals surface area (Å²) in [5.41, 5.74) is 2.25. The molecule has 1 atom stereocenters. The van der Waals surface area contributed by atoms with Crippen molar-refractivity contribution in [3.63, 3.8) is 0 Å². The summed E-state index contributed by atoms with van der Waals surface area (Å²) in [6.07, 6.45) is -0.665. The number of Topliss-reactive ketones (excluding diaryl/α,β-unsaturated/α-hetero) is 1. The normalized spacial score (nSPS) is 11.6. The van der Waals surface area contributed by atoms with Gasteiger partial charge in [0.15, 0.2) is 11.9 Å². The van der Waals surface area contributed by atoms with Crippen LogP contribution in [0, 0.1) is 6.92 Å². The van der Waals surface area contributed by atoms with Gasteiger partial charge >= 0.3 is 0 Å². The Morgan fingerprint density at radius 3 is 2.65 bits per heavy atom. The summed E-state index contributed by atoms with van der Waals surface area (Å²) in [6.45, 7) is 5.41. The van der Waals surface area contributed by atoms with Gasteiger partial charge in [-0.2, -0.15) is 0 Å². The topological polar surface area (TPSA) is 68.3 Å². The van der Waals surface area contributed by atoms with Crippen LogP contribution in [0.5, 0.6) is 5.75 Å². The Kier molecular flexibility index (Phi) is 5.46. The molecule has 1 aromatic heterocycles. The highest BCUT2D eigenvalue weighted by atomic mass is 16.5. The minimum absolute atomic E-state index is 0.0434. The van der Waals surface area contributed by atoms with Crippen molar-refractivity contribution in [2.75, 3.05) is 0 Å². The standard InChI is InChI=1S/C18H20N2O3/c1-12-6-4-8-16(20-12)11-19-18(22)14(3)23-17-9-5-7-15(10-17)13(2)21/h4-10,14H,11H2,1-3H3,(H,19,22). The second-order valence-corrected chi connectivity index (χ2v) is 5.33. The van der Waals surface area contributed by atoms with E-state index in [1.165, 1.54) is 6.92 Å². The molecule has 5 heteroatoms. The first kappa shape index (κ1) is 16.7. The average Bonchev–Trinajstić information content (AvgIpc) is 2.52. The predicted octanol–water partition coefficient (Wildman–Crippen LogP) is 2.68. The maximum atomic E-state index is 12.1. The second kappa shape index (κ2) is 7.54. The minimum Gasteiger partial charge on any atom is -0.481 e. The predicted molar refractivity (Wildman–Crippen MR) is 87.4 cm³/mol. The summed E-state index contributed by atoms with van der Waals surface area (Å²) < 4.78 is 5.59. The number of ether oxygens (including phenoxy) is 1. The summed E-state index contributed by atoms with van der Waals surface area (Å²) >= 11 is 0. The Morgan fingerprint density at radius 2 is 1.96 bits per heavy atom. The third-order valence-corrected chi connectivity index (χ3v) is 3.31. The second-order valence-electron chi connectivity index (χ2n) is 5.33. The van der Waals surface area contributed by atoms with Gasteiger partial charge < -0.3 is 10.1 Å². The number of carbonyl (C=O) groups is 2. The lowest BCUT2D eigenvalue weighted by atomic mass is 10.1. The Labute approximate surface area is 135 Å². The summed E-state index contributed by atoms with van der Waals surface area (Å²) in [4.78, 5) is 27.8. The van der Waals surface area contributed by atoms with Gasteiger partial charge in [-0.25, -0.2) is 0 Å². The largest absolute Gasteiger partial charge is 0.481 e. The lowest BCUT2D eigenvalue weighted by Crippen LogP contribution is -2.36. The molecule has 0 bridgehead atoms. The van der Waals surface area contributed by atoms with E-state index in [9.17, 15) is 9.59 Å². The van der Waals surface area contributed by atoms with E-state index in [0.717, 1.165) is 11.4 Å². The zero-order valence-corrected chi connectivity index (χ0v) is 13.5. The van der Waals surface area contributed by atoms with Gasteiger partial charge in [-0.1, -0.05) is 18.2 Å². The first-order valence-electron chi connectivity index (χ1n) is 7.43. The van der Waals surface area contributed by atoms with Gasteiger partial charge in [0.1, 0.15) is 5.75 Å². The zero-order chi connectivity index (χ0) is 16.8. The minimum atomic E-state index is -0.665. The van der Waals surface area contributed by atoms with E-state index < -0.39 is 6.10 Å². The fourth-order valence-corrected chi connectivity index (χ4v) is 2.07. The number of pyridine rings is 1. The number of carbonyl (C=O) groups excluding carboxylic acids is 2. The summed E-state index contributed by atoms with van der Waals surface area (Å²) in [6, 6.07) is 12.5. The summed E-state index contributed by atoms with van der Waals surface area (Å²) in [5.74, 6) is 0.216. The van der Waals surface area contributed by atoms with E-state index in [-0.39, 0.29) is 11.7 Å². The van der Waals surface area contributed by atoms with E-state index >= 15 is 0 Å². The number of aryl methyl sites for hydroxylation is 1. The van der Waals surface area contributed by atoms with Gasteiger partial charge in [0, 0.05) is 11.3 Å². The highest BCUT2D eigenvalue weighted by molar-refractivity contribution is 5.94. The number of benzene rings is 1. The van der Waals surface area contributed by atoms with Crippen molar-refractivity contribution in [1.29, 1.82) is 0 Å². The Hall–Kier alpha value is -2.69. The average molecular weight is 312 g/mol. The Morgan fingerprint density at radius 1 is 1.22 bits per heavy atom. The van der Waals surface area contributed by atoms with Gasteiger partial charge in [-0.3, -0.25) is 14.6 Å². The molecule has 0 spiro atoms. The van der Waals surface area contributed by atoms with Crippen molar-refractivity contribution < 1.29 is 14.3 Å². The van der Waals surface area contributed by atoms with Gasteiger partial charge in [-0.05, 0) is 45.0 Å². The van der Waals surface area contributed by atoms with E-state index in [4.69, 9.17) is 4.74 Å². The lowest BCUT2D eigenvalue weighted by Gasteiger charge is -2.15. The summed E-state index contributed by atoms with van der Waals surface area (Å²) in [7, 11) is 0. The molecule has 1 unspecified atom stereocenters. The molecule has 120 valence electrons. The Balaban J connectivity index is 1.92. The van der Waals surface area contributed by atoms with Crippen molar-refractivity contribution in [3.8, 4) is 5.75 Å². The molecule has 1 aromatic carbocycles. The number of nitrogens with zero attached hydrogens (tertiary/aromatic N) is 1. The number of aromatic nitrogens is 1. The molecule has 2 aromatic rings. The molecule has 0 saturated carbocycles. The molecule has 2 rings (SSSR count). The molecular weight excluding hydrogens is 292 g/mol. The van der Waals surface area contributed by atoms with Crippen molar-refractivity contribution in [3.05, 3.63) is 59.4 Å². The van der Waals surface area contributed by atoms with Crippen molar-refractivity contribution in [1.82, 2.24) is 10.3 Å². The van der Waals surface area contributed by atoms with Gasteiger partial charge in [0.25, 0.3) is 5.91 Å². The lowest BCUT2D eigenvalue weighted by molar-refractivity contribution is -0.127. The van der Waals surface area contributed by atoms with Crippen LogP contribution in [0.3, 0.4) is 0 Å². The molecule has 0 fully saturated rings. The molecule has 5 nitrogen and oxygen atoms in total. The van der Waals surface area contributed by atoms with E-state index in [1.54, 1.807) is 31.2 Å². The van der Waals surface area contributed by atoms with Crippen LogP contribution in [-0.4, -0.2) is 22.8 Å². The van der Waals surface area contributed by atoms with Crippen LogP contribution in [0.15, 0.2) is 42.5 Å². The maximum Gasteiger partial charge on any atom is 0.261 e. The first-order chi connectivity index (χ1) is 11.0. The highest BCUT2D eigenvalue weighted by Gasteiger charge is 2.15. The molecule has 0 saturated heterocycles. The number of amides is 1. The number of rotatable bonds is 6. The van der Waals surface area contributed by atoms with Crippen molar-refractivity contribution >= 4 is 11.7 Å². The smallest absolute Gasteiger partial charge is 0.261 e. The maximum absolute atomic E-state index is 12.1. The number of nitrogens with one attached hydrogen (secondary N) is 1. The third-order valence-electron chi connectivity index (χ3n) is 3.31. The van der Waals surface area contributed by atoms with E-state index in [2.05, 4.69) is 10.3 Å². The SMILES string of the molecule is CC(=O)c1cccc(OC(C)C(=O)NCc2cccc(C)n2)c1. The number of ketones is 1. The zero-order valence-electron chi connectivity index (χ0n) is 13.5. The highest BCUT2D eigenvalue weighted by Crippen LogP contribution is 2.15. The van der Waals surface area contributed by atoms with Crippen LogP contribution < -0.4 is 10.1 Å². The molecule has 0 aliphatic heterocycles. The van der Waals surface area contributed by atoms with Crippen LogP contribution in [0.1, 0.15) is 35.6 Å². The Bertz CT molecular complexity index is 713. The van der Waals surface area contributed by atoms with Crippen LogP contribution in [-0.2, 0) is 11.3 Å². The molecule has 23 heavy (non-hydrogen) atoms. The molecule has 1 N–H and O–H groups in total. The van der Waals surface area contributed by atoms with E-state index in [0.29, 0.717) is 17.9 Å². The van der Waals surface area contributed by atoms with Crippen LogP contribution in [0.25, 0.3) is 0 Å².